The van der Waals surface area contributed by atoms with Gasteiger partial charge in [0.25, 0.3) is 0 Å². The van der Waals surface area contributed by atoms with Crippen LogP contribution in [0.4, 0.5) is 0 Å². The summed E-state index contributed by atoms with van der Waals surface area (Å²) < 4.78 is 0. The molecular weight excluding hydrogens is 222 g/mol. The first kappa shape index (κ1) is 14.3. The van der Waals surface area contributed by atoms with Crippen LogP contribution in [0.15, 0.2) is 0 Å². The fourth-order valence-electron chi connectivity index (χ4n) is 3.75. The lowest BCUT2D eigenvalue weighted by molar-refractivity contribution is 0.0442. The van der Waals surface area contributed by atoms with E-state index < -0.39 is 0 Å². The zero-order chi connectivity index (χ0) is 13.0. The largest absolute Gasteiger partial charge is 0.389 e. The zero-order valence-corrected chi connectivity index (χ0v) is 12.3. The molecule has 2 N–H and O–H groups in total. The van der Waals surface area contributed by atoms with Crippen molar-refractivity contribution in [2.75, 3.05) is 6.54 Å². The summed E-state index contributed by atoms with van der Waals surface area (Å²) in [6, 6.07) is 0.651. The molecule has 18 heavy (non-hydrogen) atoms. The number of rotatable bonds is 4. The molecule has 0 amide bonds. The van der Waals surface area contributed by atoms with Crippen molar-refractivity contribution < 1.29 is 5.11 Å². The van der Waals surface area contributed by atoms with Gasteiger partial charge in [-0.05, 0) is 43.9 Å². The van der Waals surface area contributed by atoms with E-state index in [-0.39, 0.29) is 5.60 Å². The molecular formula is C16H31NO. The van der Waals surface area contributed by atoms with Gasteiger partial charge in [-0.2, -0.15) is 0 Å². The van der Waals surface area contributed by atoms with E-state index in [2.05, 4.69) is 19.2 Å². The number of aliphatic hydroxyl groups is 1. The molecule has 2 heteroatoms. The van der Waals surface area contributed by atoms with E-state index in [1.807, 2.05) is 0 Å². The molecule has 2 saturated carbocycles. The van der Waals surface area contributed by atoms with Crippen molar-refractivity contribution in [3.63, 3.8) is 0 Å². The molecule has 0 aromatic rings. The highest BCUT2D eigenvalue weighted by Crippen LogP contribution is 2.31. The minimum Gasteiger partial charge on any atom is -0.389 e. The molecule has 2 unspecified atom stereocenters. The predicted octanol–water partition coefficient (Wildman–Crippen LogP) is 3.49. The van der Waals surface area contributed by atoms with Crippen LogP contribution >= 0.6 is 0 Å². The molecule has 2 aliphatic carbocycles. The summed E-state index contributed by atoms with van der Waals surface area (Å²) in [4.78, 5) is 0. The van der Waals surface area contributed by atoms with Crippen LogP contribution in [-0.2, 0) is 0 Å². The SMILES string of the molecule is CC(C)C1CCCC(NCC2(O)CCCC2)CC1. The van der Waals surface area contributed by atoms with Gasteiger partial charge >= 0.3 is 0 Å². The Morgan fingerprint density at radius 1 is 1.06 bits per heavy atom. The van der Waals surface area contributed by atoms with E-state index in [9.17, 15) is 5.11 Å². The monoisotopic (exact) mass is 253 g/mol. The fourth-order valence-corrected chi connectivity index (χ4v) is 3.75. The van der Waals surface area contributed by atoms with E-state index in [4.69, 9.17) is 0 Å². The quantitative estimate of drug-likeness (QED) is 0.752. The summed E-state index contributed by atoms with van der Waals surface area (Å²) in [5.41, 5.74) is -0.385. The smallest absolute Gasteiger partial charge is 0.0771 e. The maximum absolute atomic E-state index is 10.4. The van der Waals surface area contributed by atoms with E-state index in [1.165, 1.54) is 44.9 Å². The van der Waals surface area contributed by atoms with Crippen LogP contribution in [-0.4, -0.2) is 23.3 Å². The summed E-state index contributed by atoms with van der Waals surface area (Å²) in [6.45, 7) is 5.54. The maximum atomic E-state index is 10.4. The fraction of sp³-hybridized carbons (Fsp3) is 1.00. The minimum atomic E-state index is -0.385. The molecule has 0 spiro atoms. The third-order valence-electron chi connectivity index (χ3n) is 5.21. The first-order valence-electron chi connectivity index (χ1n) is 8.05. The van der Waals surface area contributed by atoms with E-state index in [0.29, 0.717) is 6.04 Å². The molecule has 2 aliphatic rings. The van der Waals surface area contributed by atoms with E-state index >= 15 is 0 Å². The highest BCUT2D eigenvalue weighted by molar-refractivity contribution is 4.88. The molecule has 2 nitrogen and oxygen atoms in total. The molecule has 0 saturated heterocycles. The van der Waals surface area contributed by atoms with Crippen molar-refractivity contribution in [1.29, 1.82) is 0 Å². The number of nitrogens with one attached hydrogen (secondary N) is 1. The Labute approximate surface area is 113 Å². The Balaban J connectivity index is 1.73. The van der Waals surface area contributed by atoms with Crippen molar-refractivity contribution in [1.82, 2.24) is 5.32 Å². The van der Waals surface area contributed by atoms with Crippen LogP contribution in [0.1, 0.15) is 71.6 Å². The van der Waals surface area contributed by atoms with Gasteiger partial charge in [0.1, 0.15) is 0 Å². The van der Waals surface area contributed by atoms with Gasteiger partial charge in [0, 0.05) is 12.6 Å². The van der Waals surface area contributed by atoms with Gasteiger partial charge in [0.15, 0.2) is 0 Å². The molecule has 0 heterocycles. The molecule has 0 aromatic carbocycles. The van der Waals surface area contributed by atoms with Gasteiger partial charge in [0.2, 0.25) is 0 Å². The van der Waals surface area contributed by atoms with Gasteiger partial charge in [-0.25, -0.2) is 0 Å². The standard InChI is InChI=1S/C16H31NO/c1-13(2)14-6-5-7-15(9-8-14)17-12-16(18)10-3-4-11-16/h13-15,17-18H,3-12H2,1-2H3. The lowest BCUT2D eigenvalue weighted by atomic mass is 9.89. The van der Waals surface area contributed by atoms with Gasteiger partial charge in [-0.3, -0.25) is 0 Å². The zero-order valence-electron chi connectivity index (χ0n) is 12.3. The molecule has 0 aromatic heterocycles. The molecule has 2 fully saturated rings. The molecule has 106 valence electrons. The molecule has 0 radical (unpaired) electrons. The molecule has 0 aliphatic heterocycles. The highest BCUT2D eigenvalue weighted by atomic mass is 16.3. The Morgan fingerprint density at radius 2 is 1.78 bits per heavy atom. The van der Waals surface area contributed by atoms with Crippen LogP contribution in [0.5, 0.6) is 0 Å². The first-order valence-corrected chi connectivity index (χ1v) is 8.05. The Hall–Kier alpha value is -0.0800. The van der Waals surface area contributed by atoms with E-state index in [1.54, 1.807) is 0 Å². The van der Waals surface area contributed by atoms with Crippen molar-refractivity contribution >= 4 is 0 Å². The Bertz CT molecular complexity index is 245. The number of hydrogen-bond acceptors (Lipinski definition) is 2. The summed E-state index contributed by atoms with van der Waals surface area (Å²) >= 11 is 0. The van der Waals surface area contributed by atoms with Crippen LogP contribution in [0.2, 0.25) is 0 Å². The van der Waals surface area contributed by atoms with Crippen molar-refractivity contribution in [2.45, 2.75) is 83.3 Å². The van der Waals surface area contributed by atoms with Crippen LogP contribution in [0, 0.1) is 11.8 Å². The minimum absolute atomic E-state index is 0.385. The van der Waals surface area contributed by atoms with Gasteiger partial charge in [0.05, 0.1) is 5.60 Å². The average Bonchev–Trinajstić information content (AvgIpc) is 2.64. The van der Waals surface area contributed by atoms with Crippen LogP contribution in [0.3, 0.4) is 0 Å². The summed E-state index contributed by atoms with van der Waals surface area (Å²) in [6.07, 6.45) is 11.2. The molecule has 2 rings (SSSR count). The van der Waals surface area contributed by atoms with Gasteiger partial charge in [-0.1, -0.05) is 39.5 Å². The first-order chi connectivity index (χ1) is 8.59. The van der Waals surface area contributed by atoms with Crippen molar-refractivity contribution in [3.8, 4) is 0 Å². The Morgan fingerprint density at radius 3 is 2.44 bits per heavy atom. The van der Waals surface area contributed by atoms with Gasteiger partial charge in [-0.15, -0.1) is 0 Å². The van der Waals surface area contributed by atoms with Crippen LogP contribution in [0.25, 0.3) is 0 Å². The highest BCUT2D eigenvalue weighted by Gasteiger charge is 2.31. The topological polar surface area (TPSA) is 32.3 Å². The molecule has 0 bridgehead atoms. The summed E-state index contributed by atoms with van der Waals surface area (Å²) in [5, 5.41) is 14.0. The summed E-state index contributed by atoms with van der Waals surface area (Å²) in [7, 11) is 0. The third kappa shape index (κ3) is 3.96. The summed E-state index contributed by atoms with van der Waals surface area (Å²) in [5.74, 6) is 1.76. The average molecular weight is 253 g/mol. The predicted molar refractivity (Wildman–Crippen MR) is 76.6 cm³/mol. The lowest BCUT2D eigenvalue weighted by Crippen LogP contribution is -2.42. The second kappa shape index (κ2) is 6.38. The van der Waals surface area contributed by atoms with Gasteiger partial charge < -0.3 is 10.4 Å². The number of hydrogen-bond donors (Lipinski definition) is 2. The third-order valence-corrected chi connectivity index (χ3v) is 5.21. The second-order valence-corrected chi connectivity index (χ2v) is 7.02. The Kier molecular flexibility index (Phi) is 5.08. The molecule has 2 atom stereocenters. The van der Waals surface area contributed by atoms with Crippen molar-refractivity contribution in [2.24, 2.45) is 11.8 Å². The van der Waals surface area contributed by atoms with E-state index in [0.717, 1.165) is 31.2 Å². The lowest BCUT2D eigenvalue weighted by Gasteiger charge is -2.26. The second-order valence-electron chi connectivity index (χ2n) is 7.02. The van der Waals surface area contributed by atoms with Crippen LogP contribution < -0.4 is 5.32 Å². The maximum Gasteiger partial charge on any atom is 0.0771 e. The van der Waals surface area contributed by atoms with Crippen molar-refractivity contribution in [3.05, 3.63) is 0 Å². The normalized spacial score (nSPS) is 32.7.